The summed E-state index contributed by atoms with van der Waals surface area (Å²) in [6.07, 6.45) is 0.687. The van der Waals surface area contributed by atoms with Crippen LogP contribution >= 0.6 is 11.8 Å². The van der Waals surface area contributed by atoms with Crippen LogP contribution in [0.2, 0.25) is 0 Å². The molecule has 2 atom stereocenters. The van der Waals surface area contributed by atoms with Crippen LogP contribution in [0.25, 0.3) is 0 Å². The van der Waals surface area contributed by atoms with Gasteiger partial charge in [0.2, 0.25) is 10.0 Å². The maximum absolute atomic E-state index is 13.3. The van der Waals surface area contributed by atoms with Crippen molar-refractivity contribution < 1.29 is 17.9 Å². The Labute approximate surface area is 247 Å². The zero-order chi connectivity index (χ0) is 28.8. The number of aryl methyl sites for hydroxylation is 1. The zero-order valence-corrected chi connectivity index (χ0v) is 24.5. The molecule has 0 heterocycles. The summed E-state index contributed by atoms with van der Waals surface area (Å²) in [5.41, 5.74) is 3.94. The van der Waals surface area contributed by atoms with Gasteiger partial charge in [0.1, 0.15) is 6.61 Å². The molecule has 1 unspecified atom stereocenters. The third kappa shape index (κ3) is 11.1. The first-order chi connectivity index (χ1) is 20.0. The van der Waals surface area contributed by atoms with Gasteiger partial charge >= 0.3 is 6.09 Å². The van der Waals surface area contributed by atoms with Gasteiger partial charge in [0.05, 0.1) is 5.75 Å². The van der Waals surface area contributed by atoms with Crippen molar-refractivity contribution >= 4 is 27.9 Å². The minimum absolute atomic E-state index is 0.132. The molecule has 4 aromatic carbocycles. The van der Waals surface area contributed by atoms with Crippen LogP contribution in [0.3, 0.4) is 0 Å². The SMILES string of the molecule is O=C(N[C@@H](Cc1ccccc1)C(CS(=O)(=O)NCc1ccccc1)SCCc1ccccc1)OCc1ccccc1. The maximum atomic E-state index is 13.3. The topological polar surface area (TPSA) is 84.5 Å². The number of rotatable bonds is 15. The average molecular weight is 589 g/mol. The Kier molecular flexibility index (Phi) is 11.9. The fourth-order valence-corrected chi connectivity index (χ4v) is 7.52. The summed E-state index contributed by atoms with van der Waals surface area (Å²) < 4.78 is 34.9. The first kappa shape index (κ1) is 30.4. The molecule has 0 bridgehead atoms. The predicted octanol–water partition coefficient (Wildman–Crippen LogP) is 5.99. The first-order valence-corrected chi connectivity index (χ1v) is 16.3. The van der Waals surface area contributed by atoms with Crippen LogP contribution in [0.4, 0.5) is 4.79 Å². The monoisotopic (exact) mass is 588 g/mol. The lowest BCUT2D eigenvalue weighted by atomic mass is 10.0. The largest absolute Gasteiger partial charge is 0.445 e. The van der Waals surface area contributed by atoms with Crippen molar-refractivity contribution in [1.82, 2.24) is 10.0 Å². The van der Waals surface area contributed by atoms with Crippen molar-refractivity contribution in [3.05, 3.63) is 144 Å². The maximum Gasteiger partial charge on any atom is 0.407 e. The number of hydrogen-bond acceptors (Lipinski definition) is 5. The van der Waals surface area contributed by atoms with Crippen LogP contribution in [-0.4, -0.2) is 37.3 Å². The lowest BCUT2D eigenvalue weighted by Gasteiger charge is -2.28. The fourth-order valence-electron chi connectivity index (χ4n) is 4.38. The van der Waals surface area contributed by atoms with Crippen molar-refractivity contribution in [2.45, 2.75) is 37.3 Å². The van der Waals surface area contributed by atoms with Crippen molar-refractivity contribution in [2.75, 3.05) is 11.5 Å². The van der Waals surface area contributed by atoms with Crippen molar-refractivity contribution in [3.8, 4) is 0 Å². The second-order valence-corrected chi connectivity index (χ2v) is 12.9. The van der Waals surface area contributed by atoms with E-state index in [1.165, 1.54) is 5.56 Å². The summed E-state index contributed by atoms with van der Waals surface area (Å²) in [4.78, 5) is 13.0. The predicted molar refractivity (Wildman–Crippen MR) is 167 cm³/mol. The van der Waals surface area contributed by atoms with E-state index in [0.29, 0.717) is 12.2 Å². The Morgan fingerprint density at radius 1 is 0.707 bits per heavy atom. The van der Waals surface area contributed by atoms with Gasteiger partial charge in [-0.25, -0.2) is 17.9 Å². The van der Waals surface area contributed by atoms with E-state index in [-0.39, 0.29) is 18.9 Å². The molecule has 8 heteroatoms. The number of alkyl carbamates (subject to hydrolysis) is 1. The van der Waals surface area contributed by atoms with Gasteiger partial charge in [0.25, 0.3) is 0 Å². The molecule has 0 aliphatic heterocycles. The highest BCUT2D eigenvalue weighted by atomic mass is 32.2. The molecule has 2 N–H and O–H groups in total. The number of carbonyl (C=O) groups excluding carboxylic acids is 1. The highest BCUT2D eigenvalue weighted by Crippen LogP contribution is 2.22. The zero-order valence-electron chi connectivity index (χ0n) is 22.9. The van der Waals surface area contributed by atoms with E-state index < -0.39 is 27.4 Å². The van der Waals surface area contributed by atoms with Crippen LogP contribution < -0.4 is 10.0 Å². The second kappa shape index (κ2) is 16.0. The summed E-state index contributed by atoms with van der Waals surface area (Å²) in [5, 5.41) is 2.59. The van der Waals surface area contributed by atoms with E-state index in [1.54, 1.807) is 11.8 Å². The molecule has 0 aliphatic carbocycles. The highest BCUT2D eigenvalue weighted by Gasteiger charge is 2.29. The summed E-state index contributed by atoms with van der Waals surface area (Å²) in [6, 6.07) is 38.3. The second-order valence-electron chi connectivity index (χ2n) is 9.74. The van der Waals surface area contributed by atoms with Gasteiger partial charge in [-0.05, 0) is 40.8 Å². The number of ether oxygens (including phenoxy) is 1. The third-order valence-electron chi connectivity index (χ3n) is 6.55. The van der Waals surface area contributed by atoms with Gasteiger partial charge in [0.15, 0.2) is 0 Å². The van der Waals surface area contributed by atoms with Crippen LogP contribution in [0, 0.1) is 0 Å². The number of hydrogen-bond donors (Lipinski definition) is 2. The van der Waals surface area contributed by atoms with Gasteiger partial charge in [0, 0.05) is 17.8 Å². The molecule has 4 aromatic rings. The Hall–Kier alpha value is -3.59. The number of carbonyl (C=O) groups is 1. The highest BCUT2D eigenvalue weighted by molar-refractivity contribution is 8.01. The molecular weight excluding hydrogens is 553 g/mol. The Bertz CT molecular complexity index is 1420. The quantitative estimate of drug-likeness (QED) is 0.178. The normalized spacial score (nSPS) is 12.8. The molecule has 1 amide bonds. The standard InChI is InChI=1S/C33H36N2O4S2/c36-33(39-25-30-19-11-4-12-20-30)35-31(23-28-15-7-2-8-16-28)32(40-22-21-27-13-5-1-6-14-27)26-41(37,38)34-24-29-17-9-3-10-18-29/h1-20,31-32,34H,21-26H2,(H,35,36)/t31-,32?/m0/s1. The molecule has 6 nitrogen and oxygen atoms in total. The van der Waals surface area contributed by atoms with Crippen molar-refractivity contribution in [1.29, 1.82) is 0 Å². The molecule has 0 aliphatic rings. The number of amides is 1. The first-order valence-electron chi connectivity index (χ1n) is 13.6. The van der Waals surface area contributed by atoms with Crippen LogP contribution in [0.1, 0.15) is 22.3 Å². The molecular formula is C33H36N2O4S2. The number of nitrogens with one attached hydrogen (secondary N) is 2. The average Bonchev–Trinajstić information content (AvgIpc) is 3.00. The molecule has 214 valence electrons. The van der Waals surface area contributed by atoms with E-state index >= 15 is 0 Å². The Balaban J connectivity index is 1.50. The third-order valence-corrected chi connectivity index (χ3v) is 9.51. The van der Waals surface area contributed by atoms with Gasteiger partial charge in [-0.1, -0.05) is 121 Å². The smallest absolute Gasteiger partial charge is 0.407 e. The summed E-state index contributed by atoms with van der Waals surface area (Å²) in [7, 11) is -3.67. The molecule has 0 spiro atoms. The molecule has 0 fully saturated rings. The minimum Gasteiger partial charge on any atom is -0.445 e. The Morgan fingerprint density at radius 3 is 1.80 bits per heavy atom. The molecule has 0 aromatic heterocycles. The fraction of sp³-hybridized carbons (Fsp3) is 0.242. The van der Waals surface area contributed by atoms with Crippen LogP contribution in [-0.2, 0) is 40.8 Å². The lowest BCUT2D eigenvalue weighted by molar-refractivity contribution is 0.135. The van der Waals surface area contributed by atoms with Crippen LogP contribution in [0.5, 0.6) is 0 Å². The molecule has 0 saturated heterocycles. The molecule has 0 saturated carbocycles. The molecule has 0 radical (unpaired) electrons. The summed E-state index contributed by atoms with van der Waals surface area (Å²) in [5.74, 6) is 0.560. The summed E-state index contributed by atoms with van der Waals surface area (Å²) >= 11 is 1.56. The molecule has 4 rings (SSSR count). The van der Waals surface area contributed by atoms with Gasteiger partial charge in [-0.2, -0.15) is 11.8 Å². The van der Waals surface area contributed by atoms with E-state index in [4.69, 9.17) is 4.74 Å². The van der Waals surface area contributed by atoms with E-state index in [1.807, 2.05) is 109 Å². The lowest BCUT2D eigenvalue weighted by Crippen LogP contribution is -2.47. The molecule has 41 heavy (non-hydrogen) atoms. The Morgan fingerprint density at radius 2 is 1.22 bits per heavy atom. The number of thioether (sulfide) groups is 1. The number of sulfonamides is 1. The van der Waals surface area contributed by atoms with Gasteiger partial charge in [-0.15, -0.1) is 0 Å². The van der Waals surface area contributed by atoms with Crippen LogP contribution in [0.15, 0.2) is 121 Å². The van der Waals surface area contributed by atoms with E-state index in [2.05, 4.69) is 22.2 Å². The van der Waals surface area contributed by atoms with Crippen molar-refractivity contribution in [2.24, 2.45) is 0 Å². The van der Waals surface area contributed by atoms with E-state index in [0.717, 1.165) is 23.1 Å². The summed E-state index contributed by atoms with van der Waals surface area (Å²) in [6.45, 7) is 0.341. The van der Waals surface area contributed by atoms with E-state index in [9.17, 15) is 13.2 Å². The number of benzene rings is 4. The minimum atomic E-state index is -3.67. The van der Waals surface area contributed by atoms with Crippen molar-refractivity contribution in [3.63, 3.8) is 0 Å². The van der Waals surface area contributed by atoms with Gasteiger partial charge in [-0.3, -0.25) is 0 Å². The van der Waals surface area contributed by atoms with Gasteiger partial charge < -0.3 is 10.1 Å².